The van der Waals surface area contributed by atoms with Gasteiger partial charge < -0.3 is 4.74 Å². The van der Waals surface area contributed by atoms with E-state index in [4.69, 9.17) is 16.3 Å². The lowest BCUT2D eigenvalue weighted by molar-refractivity contribution is 0.244. The first-order valence-electron chi connectivity index (χ1n) is 8.04. The Labute approximate surface area is 152 Å². The lowest BCUT2D eigenvalue weighted by Gasteiger charge is -2.19. The van der Waals surface area contributed by atoms with E-state index >= 15 is 0 Å². The smallest absolute Gasteiger partial charge is 0.159 e. The first-order chi connectivity index (χ1) is 12.1. The van der Waals surface area contributed by atoms with E-state index in [-0.39, 0.29) is 0 Å². The molecule has 0 aliphatic carbocycles. The third-order valence-corrected chi connectivity index (χ3v) is 4.10. The Kier molecular flexibility index (Phi) is 5.36. The summed E-state index contributed by atoms with van der Waals surface area (Å²) in [6.07, 6.45) is 0. The lowest BCUT2D eigenvalue weighted by atomic mass is 10.2. The molecule has 25 heavy (non-hydrogen) atoms. The summed E-state index contributed by atoms with van der Waals surface area (Å²) in [6, 6.07) is 15.7. The van der Waals surface area contributed by atoms with Crippen LogP contribution < -0.4 is 4.74 Å². The normalized spacial score (nSPS) is 11.1. The van der Waals surface area contributed by atoms with Gasteiger partial charge in [-0.2, -0.15) is 5.10 Å². The highest BCUT2D eigenvalue weighted by Crippen LogP contribution is 2.24. The van der Waals surface area contributed by atoms with Crippen molar-refractivity contribution in [2.75, 3.05) is 14.2 Å². The van der Waals surface area contributed by atoms with E-state index in [1.54, 1.807) is 7.11 Å². The van der Waals surface area contributed by atoms with Crippen LogP contribution in [0.5, 0.6) is 5.75 Å². The summed E-state index contributed by atoms with van der Waals surface area (Å²) >= 11 is 6.12. The monoisotopic (exact) mass is 356 g/mol. The van der Waals surface area contributed by atoms with Gasteiger partial charge >= 0.3 is 0 Å². The number of hydrogen-bond acceptors (Lipinski definition) is 4. The van der Waals surface area contributed by atoms with Crippen molar-refractivity contribution in [2.24, 2.45) is 0 Å². The maximum atomic E-state index is 6.12. The van der Waals surface area contributed by atoms with Gasteiger partial charge in [-0.1, -0.05) is 41.9 Å². The SMILES string of the molecule is COc1ccc(Cl)cc1CN(C)Cn1nc(C)nc1-c1ccccc1. The number of rotatable bonds is 6. The van der Waals surface area contributed by atoms with Crippen molar-refractivity contribution in [1.82, 2.24) is 19.7 Å². The molecule has 0 saturated heterocycles. The van der Waals surface area contributed by atoms with Gasteiger partial charge in [0.25, 0.3) is 0 Å². The standard InChI is InChI=1S/C19H21ClN4O/c1-14-21-19(15-7-5-4-6-8-15)24(22-14)13-23(2)12-16-11-17(20)9-10-18(16)25-3/h4-11H,12-13H2,1-3H3. The van der Waals surface area contributed by atoms with E-state index in [9.17, 15) is 0 Å². The van der Waals surface area contributed by atoms with E-state index in [1.165, 1.54) is 0 Å². The Morgan fingerprint density at radius 3 is 2.64 bits per heavy atom. The van der Waals surface area contributed by atoms with Crippen molar-refractivity contribution in [3.05, 3.63) is 64.9 Å². The first-order valence-corrected chi connectivity index (χ1v) is 8.42. The molecule has 0 bridgehead atoms. The molecule has 0 unspecified atom stereocenters. The molecular formula is C19H21ClN4O. The molecule has 1 heterocycles. The molecule has 0 amide bonds. The van der Waals surface area contributed by atoms with Gasteiger partial charge in [-0.25, -0.2) is 9.67 Å². The quantitative estimate of drug-likeness (QED) is 0.669. The average Bonchev–Trinajstić information content (AvgIpc) is 2.96. The number of benzene rings is 2. The number of ether oxygens (including phenoxy) is 1. The van der Waals surface area contributed by atoms with Gasteiger partial charge in [0.15, 0.2) is 5.82 Å². The van der Waals surface area contributed by atoms with Gasteiger partial charge in [-0.15, -0.1) is 0 Å². The Balaban J connectivity index is 1.80. The highest BCUT2D eigenvalue weighted by molar-refractivity contribution is 6.30. The zero-order chi connectivity index (χ0) is 17.8. The van der Waals surface area contributed by atoms with Gasteiger partial charge in [0.05, 0.1) is 13.8 Å². The Morgan fingerprint density at radius 1 is 1.16 bits per heavy atom. The van der Waals surface area contributed by atoms with Crippen molar-refractivity contribution < 1.29 is 4.74 Å². The second kappa shape index (κ2) is 7.68. The minimum absolute atomic E-state index is 0.612. The molecule has 0 N–H and O–H groups in total. The molecule has 3 aromatic rings. The van der Waals surface area contributed by atoms with Crippen LogP contribution in [0.25, 0.3) is 11.4 Å². The van der Waals surface area contributed by atoms with Crippen LogP contribution in [0.2, 0.25) is 5.02 Å². The second-order valence-corrected chi connectivity index (χ2v) is 6.40. The van der Waals surface area contributed by atoms with Crippen molar-refractivity contribution in [1.29, 1.82) is 0 Å². The van der Waals surface area contributed by atoms with Crippen molar-refractivity contribution in [2.45, 2.75) is 20.1 Å². The summed E-state index contributed by atoms with van der Waals surface area (Å²) in [5.41, 5.74) is 2.09. The summed E-state index contributed by atoms with van der Waals surface area (Å²) in [5, 5.41) is 5.24. The average molecular weight is 357 g/mol. The molecule has 0 atom stereocenters. The fourth-order valence-corrected chi connectivity index (χ4v) is 2.99. The molecule has 2 aromatic carbocycles. The molecule has 0 aliphatic heterocycles. The summed E-state index contributed by atoms with van der Waals surface area (Å²) in [6.45, 7) is 3.21. The molecule has 130 valence electrons. The first kappa shape index (κ1) is 17.5. The van der Waals surface area contributed by atoms with Crippen LogP contribution in [-0.4, -0.2) is 33.8 Å². The molecule has 0 fully saturated rings. The molecule has 0 spiro atoms. The zero-order valence-electron chi connectivity index (χ0n) is 14.6. The number of hydrogen-bond donors (Lipinski definition) is 0. The minimum atomic E-state index is 0.612. The van der Waals surface area contributed by atoms with E-state index in [1.807, 2.05) is 67.2 Å². The molecular weight excluding hydrogens is 336 g/mol. The predicted molar refractivity (Wildman–Crippen MR) is 99.7 cm³/mol. The largest absolute Gasteiger partial charge is 0.496 e. The van der Waals surface area contributed by atoms with Crippen LogP contribution in [0.15, 0.2) is 48.5 Å². The molecule has 0 aliphatic rings. The van der Waals surface area contributed by atoms with Gasteiger partial charge in [-0.05, 0) is 32.2 Å². The molecule has 3 rings (SSSR count). The molecule has 0 saturated carbocycles. The van der Waals surface area contributed by atoms with E-state index in [0.29, 0.717) is 18.2 Å². The summed E-state index contributed by atoms with van der Waals surface area (Å²) in [4.78, 5) is 6.72. The highest BCUT2D eigenvalue weighted by Gasteiger charge is 2.13. The molecule has 1 aromatic heterocycles. The van der Waals surface area contributed by atoms with Crippen molar-refractivity contribution in [3.63, 3.8) is 0 Å². The van der Waals surface area contributed by atoms with E-state index < -0.39 is 0 Å². The number of methoxy groups -OCH3 is 1. The minimum Gasteiger partial charge on any atom is -0.496 e. The van der Waals surface area contributed by atoms with Crippen LogP contribution >= 0.6 is 11.6 Å². The summed E-state index contributed by atoms with van der Waals surface area (Å²) in [7, 11) is 3.70. The zero-order valence-corrected chi connectivity index (χ0v) is 15.4. The summed E-state index contributed by atoms with van der Waals surface area (Å²) < 4.78 is 7.35. The second-order valence-electron chi connectivity index (χ2n) is 5.96. The fraction of sp³-hybridized carbons (Fsp3) is 0.263. The van der Waals surface area contributed by atoms with Crippen LogP contribution in [0.1, 0.15) is 11.4 Å². The van der Waals surface area contributed by atoms with Crippen LogP contribution in [0.3, 0.4) is 0 Å². The van der Waals surface area contributed by atoms with Crippen molar-refractivity contribution in [3.8, 4) is 17.1 Å². The molecule has 5 nitrogen and oxygen atoms in total. The number of aryl methyl sites for hydroxylation is 1. The predicted octanol–water partition coefficient (Wildman–Crippen LogP) is 4.01. The third-order valence-electron chi connectivity index (χ3n) is 3.87. The number of nitrogens with zero attached hydrogens (tertiary/aromatic N) is 4. The fourth-order valence-electron chi connectivity index (χ4n) is 2.79. The number of halogens is 1. The maximum absolute atomic E-state index is 6.12. The lowest BCUT2D eigenvalue weighted by Crippen LogP contribution is -2.23. The van der Waals surface area contributed by atoms with Gasteiger partial charge in [0, 0.05) is 22.7 Å². The Hall–Kier alpha value is -2.37. The summed E-state index contributed by atoms with van der Waals surface area (Å²) in [5.74, 6) is 2.45. The van der Waals surface area contributed by atoms with Gasteiger partial charge in [-0.3, -0.25) is 4.90 Å². The molecule has 6 heteroatoms. The topological polar surface area (TPSA) is 43.2 Å². The highest BCUT2D eigenvalue weighted by atomic mass is 35.5. The Morgan fingerprint density at radius 2 is 1.92 bits per heavy atom. The van der Waals surface area contributed by atoms with E-state index in [2.05, 4.69) is 15.0 Å². The van der Waals surface area contributed by atoms with Gasteiger partial charge in [0.2, 0.25) is 0 Å². The third kappa shape index (κ3) is 4.18. The van der Waals surface area contributed by atoms with Gasteiger partial charge in [0.1, 0.15) is 11.6 Å². The van der Waals surface area contributed by atoms with Crippen LogP contribution in [0.4, 0.5) is 0 Å². The number of aromatic nitrogens is 3. The van der Waals surface area contributed by atoms with Crippen LogP contribution in [-0.2, 0) is 13.2 Å². The van der Waals surface area contributed by atoms with E-state index in [0.717, 1.165) is 28.5 Å². The van der Waals surface area contributed by atoms with Crippen LogP contribution in [0, 0.1) is 6.92 Å². The Bertz CT molecular complexity index is 848. The maximum Gasteiger partial charge on any atom is 0.159 e. The van der Waals surface area contributed by atoms with Crippen molar-refractivity contribution >= 4 is 11.6 Å². The molecule has 0 radical (unpaired) electrons.